The third kappa shape index (κ3) is 6.32. The molecule has 2 aromatic rings. The maximum Gasteiger partial charge on any atom is 0.338 e. The molecule has 11 heteroatoms. The van der Waals surface area contributed by atoms with Gasteiger partial charge in [0.1, 0.15) is 0 Å². The number of allylic oxidation sites excluding steroid dienone is 3. The van der Waals surface area contributed by atoms with Crippen molar-refractivity contribution in [1.29, 1.82) is 0 Å². The molecule has 0 radical (unpaired) electrons. The van der Waals surface area contributed by atoms with Crippen molar-refractivity contribution in [3.63, 3.8) is 0 Å². The van der Waals surface area contributed by atoms with Crippen molar-refractivity contribution in [3.8, 4) is 0 Å². The van der Waals surface area contributed by atoms with Gasteiger partial charge in [0.25, 0.3) is 0 Å². The van der Waals surface area contributed by atoms with E-state index in [0.717, 1.165) is 37.4 Å². The lowest BCUT2D eigenvalue weighted by molar-refractivity contribution is 0.0526. The lowest BCUT2D eigenvalue weighted by Crippen LogP contribution is -2.36. The Labute approximate surface area is 213 Å². The Morgan fingerprint density at radius 3 is 2.66 bits per heavy atom. The largest absolute Gasteiger partial charge is 0.462 e. The third-order valence-electron chi connectivity index (χ3n) is 5.75. The van der Waals surface area contributed by atoms with E-state index in [1.54, 1.807) is 31.2 Å². The average Bonchev–Trinajstić information content (AvgIpc) is 2.87. The van der Waals surface area contributed by atoms with E-state index >= 15 is 0 Å². The van der Waals surface area contributed by atoms with E-state index in [-0.39, 0.29) is 17.6 Å². The van der Waals surface area contributed by atoms with Gasteiger partial charge in [-0.1, -0.05) is 23.8 Å². The molecule has 1 aliphatic heterocycles. The minimum atomic E-state index is -0.381. The van der Waals surface area contributed by atoms with Crippen molar-refractivity contribution in [1.82, 2.24) is 9.97 Å². The number of carbonyl (C=O) groups is 1. The fourth-order valence-electron chi connectivity index (χ4n) is 3.97. The summed E-state index contributed by atoms with van der Waals surface area (Å²) in [6, 6.07) is 6.84. The molecular weight excluding hydrogens is 488 g/mol. The number of piperidine rings is 1. The highest BCUT2D eigenvalue weighted by atomic mass is 35.5. The summed E-state index contributed by atoms with van der Waals surface area (Å²) >= 11 is 8.00. The highest BCUT2D eigenvalue weighted by Gasteiger charge is 2.26. The second kappa shape index (κ2) is 11.5. The van der Waals surface area contributed by atoms with Gasteiger partial charge in [0.15, 0.2) is 17.5 Å². The van der Waals surface area contributed by atoms with Gasteiger partial charge in [0.05, 0.1) is 12.2 Å². The SMILES string of the molecule is CCOC(=O)c1ccc(Nc2nc(N)c(N=O)nc2N2CCC(SC3C=CC(Cl)=CC3)CC2)cc1. The zero-order valence-electron chi connectivity index (χ0n) is 19.3. The number of aromatic nitrogens is 2. The molecule has 184 valence electrons. The third-order valence-corrected chi connectivity index (χ3v) is 7.59. The van der Waals surface area contributed by atoms with E-state index in [9.17, 15) is 9.70 Å². The number of thioether (sulfide) groups is 1. The number of rotatable bonds is 8. The van der Waals surface area contributed by atoms with E-state index in [2.05, 4.69) is 37.5 Å². The predicted molar refractivity (Wildman–Crippen MR) is 142 cm³/mol. The summed E-state index contributed by atoms with van der Waals surface area (Å²) in [5.41, 5.74) is 7.05. The Kier molecular flexibility index (Phi) is 8.25. The summed E-state index contributed by atoms with van der Waals surface area (Å²) in [7, 11) is 0. The van der Waals surface area contributed by atoms with Gasteiger partial charge in [-0.2, -0.15) is 11.8 Å². The first kappa shape index (κ1) is 25.0. The maximum absolute atomic E-state index is 11.9. The van der Waals surface area contributed by atoms with Gasteiger partial charge in [0.2, 0.25) is 5.82 Å². The number of esters is 1. The molecule has 1 atom stereocenters. The molecule has 0 spiro atoms. The Balaban J connectivity index is 1.46. The van der Waals surface area contributed by atoms with E-state index < -0.39 is 0 Å². The highest BCUT2D eigenvalue weighted by molar-refractivity contribution is 8.00. The standard InChI is InChI=1S/C24H27ClN6O3S/c1-2-34-24(32)15-3-7-17(8-4-15)27-22-23(29-21(30-33)20(26)28-22)31-13-11-19(12-14-31)35-18-9-5-16(25)6-10-18/h3-9,18-19H,2,10-14H2,1H3,(H3,26,27,28). The number of halogens is 1. The Hall–Kier alpha value is -3.11. The predicted octanol–water partition coefficient (Wildman–Crippen LogP) is 5.53. The first-order valence-corrected chi connectivity index (χ1v) is 12.8. The van der Waals surface area contributed by atoms with Crippen LogP contribution in [0, 0.1) is 4.91 Å². The van der Waals surface area contributed by atoms with Crippen LogP contribution in [0.4, 0.5) is 29.0 Å². The summed E-state index contributed by atoms with van der Waals surface area (Å²) < 4.78 is 5.03. The molecule has 1 aromatic carbocycles. The minimum Gasteiger partial charge on any atom is -0.462 e. The summed E-state index contributed by atoms with van der Waals surface area (Å²) in [4.78, 5) is 34.0. The normalized spacial score (nSPS) is 18.2. The van der Waals surface area contributed by atoms with E-state index in [0.29, 0.717) is 40.0 Å². The van der Waals surface area contributed by atoms with Crippen LogP contribution in [0.2, 0.25) is 0 Å². The molecule has 2 heterocycles. The number of nitrogens with two attached hydrogens (primary N) is 1. The van der Waals surface area contributed by atoms with Crippen LogP contribution in [-0.4, -0.2) is 46.1 Å². The average molecular weight is 515 g/mol. The number of hydrogen-bond acceptors (Lipinski definition) is 10. The second-order valence-corrected chi connectivity index (χ2v) is 10.1. The number of nitrogens with zero attached hydrogens (tertiary/aromatic N) is 4. The van der Waals surface area contributed by atoms with Crippen LogP contribution in [-0.2, 0) is 4.74 Å². The molecule has 35 heavy (non-hydrogen) atoms. The van der Waals surface area contributed by atoms with Gasteiger partial charge < -0.3 is 20.7 Å². The Morgan fingerprint density at radius 1 is 1.29 bits per heavy atom. The Morgan fingerprint density at radius 2 is 2.03 bits per heavy atom. The number of anilines is 4. The van der Waals surface area contributed by atoms with Gasteiger partial charge in [-0.3, -0.25) is 0 Å². The van der Waals surface area contributed by atoms with Crippen LogP contribution in [0.25, 0.3) is 0 Å². The molecular formula is C24H27ClN6O3S. The summed E-state index contributed by atoms with van der Waals surface area (Å²) in [6.07, 6.45) is 9.08. The van der Waals surface area contributed by atoms with Crippen molar-refractivity contribution in [2.75, 3.05) is 35.6 Å². The van der Waals surface area contributed by atoms with Crippen molar-refractivity contribution < 1.29 is 9.53 Å². The van der Waals surface area contributed by atoms with Crippen LogP contribution in [0.1, 0.15) is 36.5 Å². The zero-order valence-corrected chi connectivity index (χ0v) is 20.9. The molecule has 0 saturated carbocycles. The van der Waals surface area contributed by atoms with Crippen LogP contribution in [0.5, 0.6) is 0 Å². The molecule has 2 aliphatic rings. The molecule has 0 bridgehead atoms. The molecule has 1 unspecified atom stereocenters. The van der Waals surface area contributed by atoms with Crippen LogP contribution >= 0.6 is 23.4 Å². The zero-order chi connectivity index (χ0) is 24.8. The number of nitrogen functional groups attached to an aromatic ring is 1. The lowest BCUT2D eigenvalue weighted by Gasteiger charge is -2.34. The first-order chi connectivity index (χ1) is 17.0. The van der Waals surface area contributed by atoms with Crippen LogP contribution < -0.4 is 16.0 Å². The fourth-order valence-corrected chi connectivity index (χ4v) is 5.49. The number of ether oxygens (including phenoxy) is 1. The first-order valence-electron chi connectivity index (χ1n) is 11.5. The van der Waals surface area contributed by atoms with Gasteiger partial charge in [-0.05, 0) is 61.7 Å². The smallest absolute Gasteiger partial charge is 0.338 e. The Bertz CT molecular complexity index is 1130. The quantitative estimate of drug-likeness (QED) is 0.345. The van der Waals surface area contributed by atoms with E-state index in [1.807, 2.05) is 17.8 Å². The summed E-state index contributed by atoms with van der Waals surface area (Å²) in [6.45, 7) is 3.60. The number of carbonyl (C=O) groups excluding carboxylic acids is 1. The van der Waals surface area contributed by atoms with Gasteiger partial charge >= 0.3 is 5.97 Å². The van der Waals surface area contributed by atoms with Crippen LogP contribution in [0.3, 0.4) is 0 Å². The number of hydrogen-bond donors (Lipinski definition) is 2. The minimum absolute atomic E-state index is 0.0457. The molecule has 1 aromatic heterocycles. The van der Waals surface area contributed by atoms with Crippen molar-refractivity contribution in [3.05, 3.63) is 58.0 Å². The summed E-state index contributed by atoms with van der Waals surface area (Å²) in [5.74, 6) is 0.402. The second-order valence-electron chi connectivity index (χ2n) is 8.16. The maximum atomic E-state index is 11.9. The summed E-state index contributed by atoms with van der Waals surface area (Å²) in [5, 5.41) is 7.91. The van der Waals surface area contributed by atoms with Crippen molar-refractivity contribution >= 4 is 58.3 Å². The molecule has 4 rings (SSSR count). The van der Waals surface area contributed by atoms with E-state index in [4.69, 9.17) is 22.1 Å². The van der Waals surface area contributed by atoms with Gasteiger partial charge in [-0.15, -0.1) is 4.91 Å². The molecule has 1 fully saturated rings. The molecule has 1 saturated heterocycles. The van der Waals surface area contributed by atoms with E-state index in [1.165, 1.54) is 0 Å². The fraction of sp³-hybridized carbons (Fsp3) is 0.375. The van der Waals surface area contributed by atoms with Gasteiger partial charge in [0, 0.05) is 34.3 Å². The topological polar surface area (TPSA) is 123 Å². The number of benzene rings is 1. The monoisotopic (exact) mass is 514 g/mol. The van der Waals surface area contributed by atoms with Crippen LogP contribution in [0.15, 0.2) is 52.7 Å². The highest BCUT2D eigenvalue weighted by Crippen LogP contribution is 2.36. The molecule has 0 amide bonds. The molecule has 9 nitrogen and oxygen atoms in total. The van der Waals surface area contributed by atoms with Crippen molar-refractivity contribution in [2.24, 2.45) is 5.18 Å². The number of nitroso groups, excluding NO2 is 1. The van der Waals surface area contributed by atoms with Crippen molar-refractivity contribution in [2.45, 2.75) is 36.7 Å². The van der Waals surface area contributed by atoms with Gasteiger partial charge in [-0.25, -0.2) is 14.8 Å². The lowest BCUT2D eigenvalue weighted by atomic mass is 10.1. The molecule has 1 aliphatic carbocycles. The molecule has 3 N–H and O–H groups in total. The number of nitrogens with one attached hydrogen (secondary N) is 1.